The zero-order valence-electron chi connectivity index (χ0n) is 12.8. The second-order valence-electron chi connectivity index (χ2n) is 5.98. The van der Waals surface area contributed by atoms with Crippen molar-refractivity contribution in [3.63, 3.8) is 0 Å². The van der Waals surface area contributed by atoms with Crippen molar-refractivity contribution in [3.8, 4) is 0 Å². The molecule has 1 N–H and O–H groups in total. The highest BCUT2D eigenvalue weighted by Gasteiger charge is 2.26. The topological polar surface area (TPSA) is 58.6 Å². The third kappa shape index (κ3) is 4.62. The smallest absolute Gasteiger partial charge is 0.261 e. The molecule has 0 bridgehead atoms. The Morgan fingerprint density at radius 1 is 1.38 bits per heavy atom. The predicted molar refractivity (Wildman–Crippen MR) is 83.1 cm³/mol. The molecule has 1 fully saturated rings. The van der Waals surface area contributed by atoms with Crippen molar-refractivity contribution in [1.82, 2.24) is 10.2 Å². The van der Waals surface area contributed by atoms with Gasteiger partial charge in [0, 0.05) is 36.1 Å². The van der Waals surface area contributed by atoms with Crippen LogP contribution >= 0.6 is 11.3 Å². The van der Waals surface area contributed by atoms with E-state index in [4.69, 9.17) is 4.74 Å². The van der Waals surface area contributed by atoms with E-state index < -0.39 is 0 Å². The Balaban J connectivity index is 1.94. The van der Waals surface area contributed by atoms with Gasteiger partial charge in [-0.2, -0.15) is 0 Å². The number of hydrogen-bond acceptors (Lipinski definition) is 5. The van der Waals surface area contributed by atoms with E-state index in [1.54, 1.807) is 11.4 Å². The SMILES string of the molecule is CC(=O)c1csc(C(=O)NC(C)(C)CN2CCOCC2)c1. The van der Waals surface area contributed by atoms with Gasteiger partial charge in [-0.3, -0.25) is 14.5 Å². The summed E-state index contributed by atoms with van der Waals surface area (Å²) in [5.74, 6) is -0.136. The minimum Gasteiger partial charge on any atom is -0.379 e. The number of Topliss-reactive ketones (excluding diaryl/α,β-unsaturated/α-hetero) is 1. The van der Waals surface area contributed by atoms with Crippen molar-refractivity contribution >= 4 is 23.0 Å². The summed E-state index contributed by atoms with van der Waals surface area (Å²) >= 11 is 1.31. The Kier molecular flexibility index (Phi) is 5.13. The van der Waals surface area contributed by atoms with E-state index in [-0.39, 0.29) is 17.2 Å². The van der Waals surface area contributed by atoms with Gasteiger partial charge in [-0.25, -0.2) is 0 Å². The molecule has 116 valence electrons. The molecule has 0 unspecified atom stereocenters. The van der Waals surface area contributed by atoms with Crippen molar-refractivity contribution in [3.05, 3.63) is 21.9 Å². The van der Waals surface area contributed by atoms with Crippen LogP contribution in [-0.4, -0.2) is 55.0 Å². The lowest BCUT2D eigenvalue weighted by molar-refractivity contribution is 0.0269. The first kappa shape index (κ1) is 16.1. The summed E-state index contributed by atoms with van der Waals surface area (Å²) in [6.45, 7) is 9.60. The first-order chi connectivity index (χ1) is 9.87. The molecule has 5 nitrogen and oxygen atoms in total. The molecule has 6 heteroatoms. The van der Waals surface area contributed by atoms with Crippen LogP contribution < -0.4 is 5.32 Å². The molecule has 0 aromatic carbocycles. The summed E-state index contributed by atoms with van der Waals surface area (Å²) in [4.78, 5) is 26.4. The van der Waals surface area contributed by atoms with Crippen LogP contribution in [0.1, 0.15) is 40.8 Å². The van der Waals surface area contributed by atoms with Gasteiger partial charge in [-0.15, -0.1) is 11.3 Å². The van der Waals surface area contributed by atoms with E-state index >= 15 is 0 Å². The molecule has 1 aliphatic rings. The monoisotopic (exact) mass is 310 g/mol. The van der Waals surface area contributed by atoms with Crippen molar-refractivity contribution in [2.75, 3.05) is 32.8 Å². The molecular weight excluding hydrogens is 288 g/mol. The summed E-state index contributed by atoms with van der Waals surface area (Å²) < 4.78 is 5.33. The van der Waals surface area contributed by atoms with Crippen LogP contribution in [0.5, 0.6) is 0 Å². The van der Waals surface area contributed by atoms with Crippen molar-refractivity contribution in [1.29, 1.82) is 0 Å². The second-order valence-corrected chi connectivity index (χ2v) is 6.89. The quantitative estimate of drug-likeness (QED) is 0.843. The van der Waals surface area contributed by atoms with Gasteiger partial charge in [-0.1, -0.05) is 0 Å². The molecule has 1 amide bonds. The van der Waals surface area contributed by atoms with Gasteiger partial charge in [0.1, 0.15) is 0 Å². The number of amides is 1. The van der Waals surface area contributed by atoms with E-state index in [2.05, 4.69) is 10.2 Å². The van der Waals surface area contributed by atoms with Gasteiger partial charge in [0.15, 0.2) is 5.78 Å². The maximum absolute atomic E-state index is 12.3. The fraction of sp³-hybridized carbons (Fsp3) is 0.600. The molecular formula is C15H22N2O3S. The van der Waals surface area contributed by atoms with Crippen LogP contribution in [0.2, 0.25) is 0 Å². The molecule has 0 radical (unpaired) electrons. The molecule has 2 rings (SSSR count). The van der Waals surface area contributed by atoms with Crippen LogP contribution in [0, 0.1) is 0 Å². The number of morpholine rings is 1. The summed E-state index contributed by atoms with van der Waals surface area (Å²) in [5, 5.41) is 4.78. The number of nitrogens with zero attached hydrogens (tertiary/aromatic N) is 1. The van der Waals surface area contributed by atoms with E-state index in [0.717, 1.165) is 32.8 Å². The number of carbonyl (C=O) groups is 2. The van der Waals surface area contributed by atoms with Crippen LogP contribution in [0.4, 0.5) is 0 Å². The first-order valence-corrected chi connectivity index (χ1v) is 7.97. The predicted octanol–water partition coefficient (Wildman–Crippen LogP) is 1.79. The van der Waals surface area contributed by atoms with Gasteiger partial charge >= 0.3 is 0 Å². The maximum Gasteiger partial charge on any atom is 0.261 e. The number of ketones is 1. The molecule has 0 atom stereocenters. The molecule has 1 aromatic heterocycles. The molecule has 1 saturated heterocycles. The van der Waals surface area contributed by atoms with Gasteiger partial charge in [0.05, 0.1) is 18.1 Å². The highest BCUT2D eigenvalue weighted by molar-refractivity contribution is 7.12. The average molecular weight is 310 g/mol. The Hall–Kier alpha value is -1.24. The number of rotatable bonds is 5. The Labute approximate surface area is 129 Å². The Morgan fingerprint density at radius 2 is 2.05 bits per heavy atom. The Morgan fingerprint density at radius 3 is 2.62 bits per heavy atom. The molecule has 0 spiro atoms. The average Bonchev–Trinajstić information content (AvgIpc) is 2.88. The van der Waals surface area contributed by atoms with Crippen molar-refractivity contribution in [2.45, 2.75) is 26.3 Å². The maximum atomic E-state index is 12.3. The molecule has 1 aliphatic heterocycles. The minimum atomic E-state index is -0.325. The zero-order chi connectivity index (χ0) is 15.5. The lowest BCUT2D eigenvalue weighted by atomic mass is 10.0. The number of ether oxygens (including phenoxy) is 1. The van der Waals surface area contributed by atoms with Crippen molar-refractivity contribution < 1.29 is 14.3 Å². The number of nitrogens with one attached hydrogen (secondary N) is 1. The summed E-state index contributed by atoms with van der Waals surface area (Å²) in [6, 6.07) is 1.66. The third-order valence-corrected chi connectivity index (χ3v) is 4.33. The van der Waals surface area contributed by atoms with E-state index in [0.29, 0.717) is 10.4 Å². The third-order valence-electron chi connectivity index (χ3n) is 3.40. The van der Waals surface area contributed by atoms with Crippen molar-refractivity contribution in [2.24, 2.45) is 0 Å². The molecule has 2 heterocycles. The summed E-state index contributed by atoms with van der Waals surface area (Å²) in [5.41, 5.74) is 0.269. The van der Waals surface area contributed by atoms with Gasteiger partial charge in [-0.05, 0) is 26.8 Å². The fourth-order valence-electron chi connectivity index (χ4n) is 2.37. The van der Waals surface area contributed by atoms with Gasteiger partial charge < -0.3 is 10.1 Å². The molecule has 0 aliphatic carbocycles. The highest BCUT2D eigenvalue weighted by Crippen LogP contribution is 2.17. The first-order valence-electron chi connectivity index (χ1n) is 7.09. The lowest BCUT2D eigenvalue weighted by Crippen LogP contribution is -2.53. The summed E-state index contributed by atoms with van der Waals surface area (Å²) in [7, 11) is 0. The molecule has 21 heavy (non-hydrogen) atoms. The lowest BCUT2D eigenvalue weighted by Gasteiger charge is -2.35. The van der Waals surface area contributed by atoms with Crippen LogP contribution in [0.15, 0.2) is 11.4 Å². The minimum absolute atomic E-state index is 0.0159. The Bertz CT molecular complexity index is 519. The normalized spacial score (nSPS) is 16.7. The highest BCUT2D eigenvalue weighted by atomic mass is 32.1. The number of thiophene rings is 1. The van der Waals surface area contributed by atoms with Crippen LogP contribution in [-0.2, 0) is 4.74 Å². The zero-order valence-corrected chi connectivity index (χ0v) is 13.6. The van der Waals surface area contributed by atoms with E-state index in [9.17, 15) is 9.59 Å². The molecule has 0 saturated carbocycles. The van der Waals surface area contributed by atoms with Crippen LogP contribution in [0.3, 0.4) is 0 Å². The largest absolute Gasteiger partial charge is 0.379 e. The summed E-state index contributed by atoms with van der Waals surface area (Å²) in [6.07, 6.45) is 0. The van der Waals surface area contributed by atoms with Gasteiger partial charge in [0.25, 0.3) is 5.91 Å². The van der Waals surface area contributed by atoms with E-state index in [1.807, 2.05) is 13.8 Å². The number of hydrogen-bond donors (Lipinski definition) is 1. The molecule has 1 aromatic rings. The fourth-order valence-corrected chi connectivity index (χ4v) is 3.21. The van der Waals surface area contributed by atoms with Crippen LogP contribution in [0.25, 0.3) is 0 Å². The second kappa shape index (κ2) is 6.68. The standard InChI is InChI=1S/C15H22N2O3S/c1-11(18)12-8-13(21-9-12)14(19)16-15(2,3)10-17-4-6-20-7-5-17/h8-9H,4-7,10H2,1-3H3,(H,16,19). The van der Waals surface area contributed by atoms with E-state index in [1.165, 1.54) is 18.3 Å². The van der Waals surface area contributed by atoms with Gasteiger partial charge in [0.2, 0.25) is 0 Å². The number of carbonyl (C=O) groups excluding carboxylic acids is 2.